The maximum atomic E-state index is 6.46. The zero-order valence-electron chi connectivity index (χ0n) is 32.9. The molecule has 2 nitrogen and oxygen atoms in total. The molecule has 0 aliphatic heterocycles. The van der Waals surface area contributed by atoms with Gasteiger partial charge in [0.1, 0.15) is 11.2 Å². The van der Waals surface area contributed by atoms with Crippen LogP contribution in [0, 0.1) is 0 Å². The number of para-hydroxylation sites is 1. The Bertz CT molecular complexity index is 3480. The van der Waals surface area contributed by atoms with Crippen molar-refractivity contribution in [3.63, 3.8) is 0 Å². The Labute approximate surface area is 343 Å². The molecule has 0 spiro atoms. The highest BCUT2D eigenvalue weighted by Crippen LogP contribution is 2.55. The highest BCUT2D eigenvalue weighted by molar-refractivity contribution is 6.14. The van der Waals surface area contributed by atoms with Crippen LogP contribution in [0.4, 0.5) is 17.1 Å². The van der Waals surface area contributed by atoms with Crippen LogP contribution in [-0.4, -0.2) is 0 Å². The smallest absolute Gasteiger partial charge is 0.136 e. The number of nitrogens with zero attached hydrogens (tertiary/aromatic N) is 1. The van der Waals surface area contributed by atoms with Crippen molar-refractivity contribution in [3.8, 4) is 33.4 Å². The Hall–Kier alpha value is -7.42. The second kappa shape index (κ2) is 12.8. The van der Waals surface area contributed by atoms with E-state index >= 15 is 0 Å². The Morgan fingerprint density at radius 2 is 0.983 bits per heavy atom. The molecule has 0 fully saturated rings. The van der Waals surface area contributed by atoms with Crippen molar-refractivity contribution in [1.29, 1.82) is 0 Å². The number of benzene rings is 10. The van der Waals surface area contributed by atoms with Crippen molar-refractivity contribution in [2.45, 2.75) is 19.3 Å². The van der Waals surface area contributed by atoms with E-state index in [1.807, 2.05) is 0 Å². The molecule has 1 aromatic heterocycles. The van der Waals surface area contributed by atoms with Crippen LogP contribution in [0.2, 0.25) is 0 Å². The lowest BCUT2D eigenvalue weighted by Gasteiger charge is -2.30. The molecule has 0 radical (unpaired) electrons. The van der Waals surface area contributed by atoms with Crippen LogP contribution in [0.5, 0.6) is 0 Å². The van der Waals surface area contributed by atoms with Gasteiger partial charge in [0.05, 0.1) is 11.4 Å². The summed E-state index contributed by atoms with van der Waals surface area (Å²) in [6, 6.07) is 73.3. The topological polar surface area (TPSA) is 16.4 Å². The van der Waals surface area contributed by atoms with Crippen LogP contribution >= 0.6 is 0 Å². The summed E-state index contributed by atoms with van der Waals surface area (Å²) in [6.45, 7) is 4.71. The number of hydrogen-bond donors (Lipinski definition) is 0. The predicted molar refractivity (Wildman–Crippen MR) is 249 cm³/mol. The summed E-state index contributed by atoms with van der Waals surface area (Å²) in [4.78, 5) is 2.49. The third kappa shape index (κ3) is 5.13. The maximum absolute atomic E-state index is 6.46. The van der Waals surface area contributed by atoms with Gasteiger partial charge in [-0.25, -0.2) is 0 Å². The van der Waals surface area contributed by atoms with Gasteiger partial charge in [-0.1, -0.05) is 159 Å². The molecule has 0 atom stereocenters. The molecular weight excluding hydrogens is 715 g/mol. The van der Waals surface area contributed by atoms with Crippen LogP contribution in [0.25, 0.3) is 87.6 Å². The Morgan fingerprint density at radius 1 is 0.373 bits per heavy atom. The van der Waals surface area contributed by atoms with Gasteiger partial charge in [0.25, 0.3) is 0 Å². The minimum atomic E-state index is -0.133. The molecule has 0 amide bonds. The summed E-state index contributed by atoms with van der Waals surface area (Å²) in [7, 11) is 0. The molecule has 10 aromatic carbocycles. The molecule has 0 saturated heterocycles. The molecule has 1 heterocycles. The second-order valence-electron chi connectivity index (χ2n) is 16.5. The average molecular weight is 754 g/mol. The third-order valence-corrected chi connectivity index (χ3v) is 12.8. The van der Waals surface area contributed by atoms with Crippen molar-refractivity contribution >= 4 is 71.3 Å². The number of fused-ring (bicyclic) bond motifs is 10. The summed E-state index contributed by atoms with van der Waals surface area (Å²) in [5.41, 5.74) is 15.1. The van der Waals surface area contributed by atoms with Gasteiger partial charge in [0, 0.05) is 33.0 Å². The van der Waals surface area contributed by atoms with E-state index < -0.39 is 0 Å². The first-order valence-corrected chi connectivity index (χ1v) is 20.5. The maximum Gasteiger partial charge on any atom is 0.136 e. The minimum Gasteiger partial charge on any atom is -0.456 e. The van der Waals surface area contributed by atoms with Crippen molar-refractivity contribution in [3.05, 3.63) is 211 Å². The summed E-state index contributed by atoms with van der Waals surface area (Å²) >= 11 is 0. The first-order chi connectivity index (χ1) is 29.0. The van der Waals surface area contributed by atoms with Crippen LogP contribution < -0.4 is 4.90 Å². The number of anilines is 3. The Kier molecular flexibility index (Phi) is 7.31. The van der Waals surface area contributed by atoms with E-state index in [1.165, 1.54) is 65.7 Å². The SMILES string of the molecule is CC1(C)c2ccccc2-c2c(N(c3ccc(-c4cc5ccccc5c5ccccc45)cc3)c3ccccc3-c3ccc4oc5cc6ccccc6cc5c4c3)cccc21. The monoisotopic (exact) mass is 753 g/mol. The fraction of sp³-hybridized carbons (Fsp3) is 0.0526. The van der Waals surface area contributed by atoms with Gasteiger partial charge in [0.15, 0.2) is 0 Å². The summed E-state index contributed by atoms with van der Waals surface area (Å²) < 4.78 is 6.46. The van der Waals surface area contributed by atoms with Gasteiger partial charge in [-0.2, -0.15) is 0 Å². The first-order valence-electron chi connectivity index (χ1n) is 20.5. The van der Waals surface area contributed by atoms with Crippen molar-refractivity contribution in [1.82, 2.24) is 0 Å². The average Bonchev–Trinajstić information content (AvgIpc) is 3.76. The highest BCUT2D eigenvalue weighted by Gasteiger charge is 2.38. The molecule has 0 saturated carbocycles. The normalized spacial score (nSPS) is 13.1. The summed E-state index contributed by atoms with van der Waals surface area (Å²) in [5.74, 6) is 0. The zero-order valence-corrected chi connectivity index (χ0v) is 32.9. The fourth-order valence-electron chi connectivity index (χ4n) is 9.96. The Morgan fingerprint density at radius 3 is 1.81 bits per heavy atom. The predicted octanol–water partition coefficient (Wildman–Crippen LogP) is 16.2. The van der Waals surface area contributed by atoms with E-state index in [1.54, 1.807) is 0 Å². The molecule has 0 N–H and O–H groups in total. The molecule has 12 rings (SSSR count). The van der Waals surface area contributed by atoms with E-state index in [0.29, 0.717) is 0 Å². The molecule has 0 bridgehead atoms. The van der Waals surface area contributed by atoms with E-state index in [2.05, 4.69) is 219 Å². The molecule has 11 aromatic rings. The lowest BCUT2D eigenvalue weighted by atomic mass is 9.82. The van der Waals surface area contributed by atoms with Crippen LogP contribution in [0.15, 0.2) is 205 Å². The molecule has 0 unspecified atom stereocenters. The largest absolute Gasteiger partial charge is 0.456 e. The highest BCUT2D eigenvalue weighted by atomic mass is 16.3. The lowest BCUT2D eigenvalue weighted by Crippen LogP contribution is -2.16. The van der Waals surface area contributed by atoms with Crippen LogP contribution in [-0.2, 0) is 5.41 Å². The zero-order chi connectivity index (χ0) is 39.2. The molecule has 59 heavy (non-hydrogen) atoms. The lowest BCUT2D eigenvalue weighted by molar-refractivity contribution is 0.660. The quantitative estimate of drug-likeness (QED) is 0.163. The van der Waals surface area contributed by atoms with Crippen molar-refractivity contribution < 1.29 is 4.42 Å². The molecule has 2 heteroatoms. The van der Waals surface area contributed by atoms with Gasteiger partial charge in [-0.05, 0) is 120 Å². The van der Waals surface area contributed by atoms with E-state index in [0.717, 1.165) is 50.1 Å². The van der Waals surface area contributed by atoms with Gasteiger partial charge >= 0.3 is 0 Å². The van der Waals surface area contributed by atoms with Crippen LogP contribution in [0.3, 0.4) is 0 Å². The third-order valence-electron chi connectivity index (χ3n) is 12.8. The summed E-state index contributed by atoms with van der Waals surface area (Å²) in [6.07, 6.45) is 0. The Balaban J connectivity index is 1.07. The number of rotatable bonds is 5. The number of hydrogen-bond acceptors (Lipinski definition) is 2. The second-order valence-corrected chi connectivity index (χ2v) is 16.5. The van der Waals surface area contributed by atoms with Crippen molar-refractivity contribution in [2.24, 2.45) is 0 Å². The van der Waals surface area contributed by atoms with E-state index in [-0.39, 0.29) is 5.41 Å². The minimum absolute atomic E-state index is 0.133. The van der Waals surface area contributed by atoms with E-state index in [9.17, 15) is 0 Å². The van der Waals surface area contributed by atoms with Gasteiger partial charge in [-0.15, -0.1) is 0 Å². The first kappa shape index (κ1) is 33.7. The standard InChI is InChI=1S/C57H39NO/c1-57(2)50-22-11-9-21-46(50)56-51(57)23-13-25-53(56)58(41-29-26-36(27-30-41)47-33-39-16-5-6-17-42(39)44-19-7-8-20-45(44)47)52-24-12-10-18-43(52)40-28-31-54-48(34-40)49-32-37-14-3-4-15-38(37)35-55(49)59-54/h3-35H,1-2H3. The fourth-order valence-corrected chi connectivity index (χ4v) is 9.96. The molecular formula is C57H39NO. The molecule has 278 valence electrons. The van der Waals surface area contributed by atoms with Crippen molar-refractivity contribution in [2.75, 3.05) is 4.90 Å². The molecule has 1 aliphatic carbocycles. The molecule has 1 aliphatic rings. The van der Waals surface area contributed by atoms with Gasteiger partial charge in [-0.3, -0.25) is 0 Å². The van der Waals surface area contributed by atoms with Crippen LogP contribution in [0.1, 0.15) is 25.0 Å². The van der Waals surface area contributed by atoms with Gasteiger partial charge < -0.3 is 9.32 Å². The number of furan rings is 1. The van der Waals surface area contributed by atoms with Gasteiger partial charge in [0.2, 0.25) is 0 Å². The van der Waals surface area contributed by atoms with E-state index in [4.69, 9.17) is 4.42 Å². The summed E-state index contributed by atoms with van der Waals surface area (Å²) in [5, 5.41) is 9.70.